The summed E-state index contributed by atoms with van der Waals surface area (Å²) in [7, 11) is 0. The summed E-state index contributed by atoms with van der Waals surface area (Å²) in [6.45, 7) is 8.56. The van der Waals surface area contributed by atoms with Gasteiger partial charge in [0.2, 0.25) is 0 Å². The number of nitrogens with zero attached hydrogens (tertiary/aromatic N) is 2. The number of pyridine rings is 1. The summed E-state index contributed by atoms with van der Waals surface area (Å²) in [4.78, 5) is 9.40. The minimum absolute atomic E-state index is 0.910. The summed E-state index contributed by atoms with van der Waals surface area (Å²) in [6.07, 6.45) is 1.99. The molecular formula is C21H26N4S. The van der Waals surface area contributed by atoms with Crippen molar-refractivity contribution in [1.29, 1.82) is 0 Å². The fourth-order valence-corrected chi connectivity index (χ4v) is 4.79. The third-order valence-electron chi connectivity index (χ3n) is 5.24. The Bertz CT molecular complexity index is 925. The van der Waals surface area contributed by atoms with Gasteiger partial charge in [0, 0.05) is 47.8 Å². The molecule has 3 N–H and O–H groups in total. The second-order valence-corrected chi connectivity index (χ2v) is 8.18. The lowest BCUT2D eigenvalue weighted by molar-refractivity contribution is 0.589. The first-order valence-corrected chi connectivity index (χ1v) is 10.1. The van der Waals surface area contributed by atoms with E-state index in [1.807, 2.05) is 13.0 Å². The average Bonchev–Trinajstić information content (AvgIpc) is 2.96. The topological polar surface area (TPSA) is 54.2 Å². The lowest BCUT2D eigenvalue weighted by atomic mass is 10.0. The Balaban J connectivity index is 1.50. The molecule has 5 heteroatoms. The van der Waals surface area contributed by atoms with Crippen molar-refractivity contribution < 1.29 is 0 Å². The monoisotopic (exact) mass is 366 g/mol. The molecule has 136 valence electrons. The molecular weight excluding hydrogens is 340 g/mol. The van der Waals surface area contributed by atoms with Crippen molar-refractivity contribution in [2.45, 2.75) is 26.7 Å². The standard InChI is InChI=1S/C21H26N4S/c1-14-13-17(25-11-9-23-10-12-25)6-4-16(14)5-8-19-20(22)18-7-3-15(2)24-21(18)26-19/h3-4,6-7,13,23H,5,8-12,22H2,1-2H3. The zero-order chi connectivity index (χ0) is 18.1. The second kappa shape index (κ2) is 7.25. The Labute approximate surface area is 159 Å². The molecule has 0 aliphatic carbocycles. The van der Waals surface area contributed by atoms with Gasteiger partial charge in [-0.25, -0.2) is 4.98 Å². The number of rotatable bonds is 4. The van der Waals surface area contributed by atoms with Gasteiger partial charge in [-0.15, -0.1) is 11.3 Å². The van der Waals surface area contributed by atoms with Gasteiger partial charge in [-0.1, -0.05) is 6.07 Å². The highest BCUT2D eigenvalue weighted by Gasteiger charge is 2.13. The van der Waals surface area contributed by atoms with Gasteiger partial charge in [0.05, 0.1) is 5.69 Å². The Morgan fingerprint density at radius 2 is 1.92 bits per heavy atom. The van der Waals surface area contributed by atoms with E-state index in [0.29, 0.717) is 0 Å². The highest BCUT2D eigenvalue weighted by atomic mass is 32.1. The first kappa shape index (κ1) is 17.3. The van der Waals surface area contributed by atoms with Gasteiger partial charge >= 0.3 is 0 Å². The maximum atomic E-state index is 6.37. The highest BCUT2D eigenvalue weighted by molar-refractivity contribution is 7.19. The number of nitrogens with two attached hydrogens (primary N) is 1. The van der Waals surface area contributed by atoms with Crippen LogP contribution in [0.15, 0.2) is 30.3 Å². The molecule has 3 heterocycles. The fraction of sp³-hybridized carbons (Fsp3) is 0.381. The number of benzene rings is 1. The first-order chi connectivity index (χ1) is 12.6. The van der Waals surface area contributed by atoms with Gasteiger partial charge in [-0.3, -0.25) is 0 Å². The van der Waals surface area contributed by atoms with E-state index in [1.165, 1.54) is 21.7 Å². The SMILES string of the molecule is Cc1ccc2c(N)c(CCc3ccc(N4CCNCC4)cc3C)sc2n1. The molecule has 0 amide bonds. The molecule has 2 aromatic heterocycles. The minimum Gasteiger partial charge on any atom is -0.397 e. The van der Waals surface area contributed by atoms with Crippen molar-refractivity contribution in [1.82, 2.24) is 10.3 Å². The van der Waals surface area contributed by atoms with Crippen LogP contribution < -0.4 is 16.0 Å². The second-order valence-electron chi connectivity index (χ2n) is 7.09. The number of thiophene rings is 1. The van der Waals surface area contributed by atoms with E-state index >= 15 is 0 Å². The maximum Gasteiger partial charge on any atom is 0.125 e. The Kier molecular flexibility index (Phi) is 4.83. The molecule has 0 spiro atoms. The number of hydrogen-bond donors (Lipinski definition) is 2. The van der Waals surface area contributed by atoms with Crippen molar-refractivity contribution in [2.24, 2.45) is 0 Å². The molecule has 4 nitrogen and oxygen atoms in total. The molecule has 1 aliphatic rings. The minimum atomic E-state index is 0.910. The Hall–Kier alpha value is -2.11. The molecule has 1 saturated heterocycles. The van der Waals surface area contributed by atoms with Gasteiger partial charge in [-0.2, -0.15) is 0 Å². The van der Waals surface area contributed by atoms with Crippen LogP contribution in [0.5, 0.6) is 0 Å². The van der Waals surface area contributed by atoms with Crippen LogP contribution in [0.1, 0.15) is 21.7 Å². The molecule has 0 bridgehead atoms. The molecule has 1 fully saturated rings. The summed E-state index contributed by atoms with van der Waals surface area (Å²) >= 11 is 1.74. The van der Waals surface area contributed by atoms with Crippen LogP contribution in [0, 0.1) is 13.8 Å². The molecule has 0 saturated carbocycles. The van der Waals surface area contributed by atoms with E-state index in [4.69, 9.17) is 5.73 Å². The van der Waals surface area contributed by atoms with E-state index in [1.54, 1.807) is 11.3 Å². The van der Waals surface area contributed by atoms with Crippen molar-refractivity contribution >= 4 is 32.9 Å². The average molecular weight is 367 g/mol. The Morgan fingerprint density at radius 1 is 1.12 bits per heavy atom. The van der Waals surface area contributed by atoms with Gasteiger partial charge in [0.15, 0.2) is 0 Å². The number of nitrogen functional groups attached to an aromatic ring is 1. The van der Waals surface area contributed by atoms with Gasteiger partial charge in [0.25, 0.3) is 0 Å². The molecule has 0 atom stereocenters. The predicted octanol–water partition coefficient (Wildman–Crippen LogP) is 3.69. The van der Waals surface area contributed by atoms with Crippen LogP contribution in [0.25, 0.3) is 10.2 Å². The number of nitrogens with one attached hydrogen (secondary N) is 1. The van der Waals surface area contributed by atoms with Crippen LogP contribution in [-0.2, 0) is 12.8 Å². The van der Waals surface area contributed by atoms with Crippen LogP contribution in [-0.4, -0.2) is 31.2 Å². The molecule has 1 aliphatic heterocycles. The molecule has 3 aromatic rings. The first-order valence-electron chi connectivity index (χ1n) is 9.31. The third kappa shape index (κ3) is 3.41. The van der Waals surface area contributed by atoms with E-state index in [0.717, 1.165) is 60.6 Å². The summed E-state index contributed by atoms with van der Waals surface area (Å²) in [6, 6.07) is 11.0. The maximum absolute atomic E-state index is 6.37. The number of fused-ring (bicyclic) bond motifs is 1. The smallest absolute Gasteiger partial charge is 0.125 e. The largest absolute Gasteiger partial charge is 0.397 e. The van der Waals surface area contributed by atoms with Gasteiger partial charge < -0.3 is 16.0 Å². The zero-order valence-electron chi connectivity index (χ0n) is 15.5. The number of hydrogen-bond acceptors (Lipinski definition) is 5. The van der Waals surface area contributed by atoms with Gasteiger partial charge in [-0.05, 0) is 62.1 Å². The van der Waals surface area contributed by atoms with Crippen molar-refractivity contribution in [3.8, 4) is 0 Å². The molecule has 26 heavy (non-hydrogen) atoms. The molecule has 4 rings (SSSR count). The fourth-order valence-electron chi connectivity index (χ4n) is 3.65. The lowest BCUT2D eigenvalue weighted by Crippen LogP contribution is -2.43. The lowest BCUT2D eigenvalue weighted by Gasteiger charge is -2.30. The predicted molar refractivity (Wildman–Crippen MR) is 112 cm³/mol. The van der Waals surface area contributed by atoms with Crippen molar-refractivity contribution in [3.05, 3.63) is 52.0 Å². The quantitative estimate of drug-likeness (QED) is 0.739. The molecule has 1 aromatic carbocycles. The van der Waals surface area contributed by atoms with Gasteiger partial charge in [0.1, 0.15) is 4.83 Å². The normalized spacial score (nSPS) is 14.9. The van der Waals surface area contributed by atoms with Crippen molar-refractivity contribution in [2.75, 3.05) is 36.8 Å². The number of piperazine rings is 1. The van der Waals surface area contributed by atoms with Crippen LogP contribution in [0.4, 0.5) is 11.4 Å². The summed E-state index contributed by atoms with van der Waals surface area (Å²) in [5.74, 6) is 0. The van der Waals surface area contributed by atoms with E-state index < -0.39 is 0 Å². The summed E-state index contributed by atoms with van der Waals surface area (Å²) in [5, 5.41) is 4.51. The van der Waals surface area contributed by atoms with Crippen molar-refractivity contribution in [3.63, 3.8) is 0 Å². The number of aryl methyl sites for hydroxylation is 4. The molecule has 0 radical (unpaired) electrons. The summed E-state index contributed by atoms with van der Waals surface area (Å²) < 4.78 is 0. The van der Waals surface area contributed by atoms with E-state index in [9.17, 15) is 0 Å². The van der Waals surface area contributed by atoms with E-state index in [-0.39, 0.29) is 0 Å². The molecule has 0 unspecified atom stereocenters. The van der Waals surface area contributed by atoms with Crippen LogP contribution in [0.2, 0.25) is 0 Å². The zero-order valence-corrected chi connectivity index (χ0v) is 16.3. The van der Waals surface area contributed by atoms with Crippen LogP contribution >= 0.6 is 11.3 Å². The van der Waals surface area contributed by atoms with E-state index in [2.05, 4.69) is 46.4 Å². The highest BCUT2D eigenvalue weighted by Crippen LogP contribution is 2.33. The number of anilines is 2. The summed E-state index contributed by atoms with van der Waals surface area (Å²) in [5.41, 5.74) is 12.4. The third-order valence-corrected chi connectivity index (χ3v) is 6.41. The Morgan fingerprint density at radius 3 is 2.69 bits per heavy atom. The number of aromatic nitrogens is 1. The van der Waals surface area contributed by atoms with Crippen LogP contribution in [0.3, 0.4) is 0 Å².